The van der Waals surface area contributed by atoms with E-state index in [2.05, 4.69) is 28.6 Å². The van der Waals surface area contributed by atoms with Gasteiger partial charge in [0.2, 0.25) is 0 Å². The minimum absolute atomic E-state index is 0. The highest BCUT2D eigenvalue weighted by Gasteiger charge is 2.18. The summed E-state index contributed by atoms with van der Waals surface area (Å²) in [4.78, 5) is 0. The van der Waals surface area contributed by atoms with Gasteiger partial charge >= 0.3 is 0 Å². The molecular weight excluding hydrogens is 210 g/mol. The zero-order valence-corrected chi connectivity index (χ0v) is 9.42. The van der Waals surface area contributed by atoms with Gasteiger partial charge in [-0.3, -0.25) is 4.68 Å². The molecule has 0 atom stereocenters. The summed E-state index contributed by atoms with van der Waals surface area (Å²) in [6.07, 6.45) is 1.94. The van der Waals surface area contributed by atoms with Gasteiger partial charge in [-0.25, -0.2) is 0 Å². The van der Waals surface area contributed by atoms with Crippen LogP contribution in [0.25, 0.3) is 10.9 Å². The van der Waals surface area contributed by atoms with Crippen LogP contribution in [0.15, 0.2) is 24.4 Å². The van der Waals surface area contributed by atoms with Crippen molar-refractivity contribution in [1.29, 1.82) is 0 Å². The number of aryl methyl sites for hydroxylation is 1. The van der Waals surface area contributed by atoms with E-state index in [-0.39, 0.29) is 12.4 Å². The van der Waals surface area contributed by atoms with Crippen molar-refractivity contribution in [3.05, 3.63) is 30.0 Å². The second-order valence-corrected chi connectivity index (χ2v) is 3.94. The van der Waals surface area contributed by atoms with Crippen LogP contribution in [0, 0.1) is 0 Å². The van der Waals surface area contributed by atoms with E-state index < -0.39 is 0 Å². The molecule has 1 aromatic carbocycles. The number of fused-ring (bicyclic) bond motifs is 1. The van der Waals surface area contributed by atoms with E-state index in [0.717, 1.165) is 13.1 Å². The summed E-state index contributed by atoms with van der Waals surface area (Å²) in [6, 6.07) is 6.64. The van der Waals surface area contributed by atoms with E-state index >= 15 is 0 Å². The molecule has 0 amide bonds. The number of hydrogen-bond acceptors (Lipinski definition) is 2. The van der Waals surface area contributed by atoms with E-state index in [1.807, 2.05) is 17.9 Å². The average molecular weight is 224 g/mol. The molecule has 1 aromatic heterocycles. The van der Waals surface area contributed by atoms with Crippen LogP contribution in [0.2, 0.25) is 0 Å². The van der Waals surface area contributed by atoms with Crippen molar-refractivity contribution >= 4 is 23.3 Å². The number of halogens is 1. The summed E-state index contributed by atoms with van der Waals surface area (Å²) in [5.74, 6) is 0.708. The fourth-order valence-corrected chi connectivity index (χ4v) is 1.96. The Morgan fingerprint density at radius 2 is 2.20 bits per heavy atom. The third kappa shape index (κ3) is 1.62. The SMILES string of the molecule is Cl.Cn1ncc2cc(C3CNC3)ccc21. The Kier molecular flexibility index (Phi) is 2.67. The van der Waals surface area contributed by atoms with E-state index in [1.165, 1.54) is 16.5 Å². The van der Waals surface area contributed by atoms with Crippen LogP contribution in [0.1, 0.15) is 11.5 Å². The van der Waals surface area contributed by atoms with Gasteiger partial charge in [-0.15, -0.1) is 12.4 Å². The maximum Gasteiger partial charge on any atom is 0.0679 e. The van der Waals surface area contributed by atoms with Crippen LogP contribution in [-0.4, -0.2) is 22.9 Å². The van der Waals surface area contributed by atoms with Gasteiger partial charge in [-0.2, -0.15) is 5.10 Å². The van der Waals surface area contributed by atoms with Crippen molar-refractivity contribution < 1.29 is 0 Å². The zero-order chi connectivity index (χ0) is 9.54. The molecule has 0 aliphatic carbocycles. The topological polar surface area (TPSA) is 29.9 Å². The van der Waals surface area contributed by atoms with Crippen LogP contribution < -0.4 is 5.32 Å². The number of nitrogens with zero attached hydrogens (tertiary/aromatic N) is 2. The van der Waals surface area contributed by atoms with Crippen molar-refractivity contribution in [2.75, 3.05) is 13.1 Å². The standard InChI is InChI=1S/C11H13N3.ClH/c1-14-11-3-2-8(10-5-12-6-10)4-9(11)7-13-14;/h2-4,7,10,12H,5-6H2,1H3;1H. The monoisotopic (exact) mass is 223 g/mol. The molecule has 80 valence electrons. The second kappa shape index (κ2) is 3.83. The lowest BCUT2D eigenvalue weighted by Gasteiger charge is -2.27. The van der Waals surface area contributed by atoms with Crippen LogP contribution >= 0.6 is 12.4 Å². The Balaban J connectivity index is 0.000000853. The van der Waals surface area contributed by atoms with Gasteiger partial charge in [0.15, 0.2) is 0 Å². The predicted molar refractivity (Wildman–Crippen MR) is 63.6 cm³/mol. The Bertz CT molecular complexity index is 474. The number of rotatable bonds is 1. The van der Waals surface area contributed by atoms with Crippen molar-refractivity contribution in [2.24, 2.45) is 7.05 Å². The quantitative estimate of drug-likeness (QED) is 0.798. The molecule has 15 heavy (non-hydrogen) atoms. The lowest BCUT2D eigenvalue weighted by Crippen LogP contribution is -2.39. The van der Waals surface area contributed by atoms with Crippen molar-refractivity contribution in [3.63, 3.8) is 0 Å². The number of benzene rings is 1. The molecule has 3 rings (SSSR count). The molecule has 0 bridgehead atoms. The first-order valence-corrected chi connectivity index (χ1v) is 4.97. The summed E-state index contributed by atoms with van der Waals surface area (Å²) in [7, 11) is 1.98. The van der Waals surface area contributed by atoms with Crippen LogP contribution in [0.3, 0.4) is 0 Å². The van der Waals surface area contributed by atoms with Crippen LogP contribution in [-0.2, 0) is 7.05 Å². The fraction of sp³-hybridized carbons (Fsp3) is 0.364. The maximum absolute atomic E-state index is 4.24. The average Bonchev–Trinajstić information content (AvgIpc) is 2.45. The Labute approximate surface area is 94.9 Å². The van der Waals surface area contributed by atoms with Crippen molar-refractivity contribution in [1.82, 2.24) is 15.1 Å². The Morgan fingerprint density at radius 1 is 1.40 bits per heavy atom. The Morgan fingerprint density at radius 3 is 2.87 bits per heavy atom. The largest absolute Gasteiger partial charge is 0.315 e. The molecule has 1 aliphatic heterocycles. The fourth-order valence-electron chi connectivity index (χ4n) is 1.96. The minimum atomic E-state index is 0. The predicted octanol–water partition coefficient (Wildman–Crippen LogP) is 1.68. The highest BCUT2D eigenvalue weighted by Crippen LogP contribution is 2.23. The second-order valence-electron chi connectivity index (χ2n) is 3.94. The molecule has 0 saturated carbocycles. The van der Waals surface area contributed by atoms with Gasteiger partial charge in [0.1, 0.15) is 0 Å². The van der Waals surface area contributed by atoms with Gasteiger partial charge in [-0.05, 0) is 17.7 Å². The lowest BCUT2D eigenvalue weighted by atomic mass is 9.93. The highest BCUT2D eigenvalue weighted by atomic mass is 35.5. The molecule has 1 N–H and O–H groups in total. The molecule has 2 aromatic rings. The smallest absolute Gasteiger partial charge is 0.0679 e. The third-order valence-corrected chi connectivity index (χ3v) is 3.02. The molecule has 3 nitrogen and oxygen atoms in total. The van der Waals surface area contributed by atoms with E-state index in [1.54, 1.807) is 0 Å². The first-order valence-electron chi connectivity index (χ1n) is 4.97. The zero-order valence-electron chi connectivity index (χ0n) is 8.60. The number of nitrogens with one attached hydrogen (secondary N) is 1. The molecule has 0 spiro atoms. The molecule has 2 heterocycles. The molecule has 0 radical (unpaired) electrons. The van der Waals surface area contributed by atoms with Crippen LogP contribution in [0.4, 0.5) is 0 Å². The van der Waals surface area contributed by atoms with E-state index in [0.29, 0.717) is 5.92 Å². The van der Waals surface area contributed by atoms with E-state index in [9.17, 15) is 0 Å². The summed E-state index contributed by atoms with van der Waals surface area (Å²) < 4.78 is 1.91. The first-order chi connectivity index (χ1) is 6.84. The molecule has 1 fully saturated rings. The summed E-state index contributed by atoms with van der Waals surface area (Å²) in [6.45, 7) is 2.23. The highest BCUT2D eigenvalue weighted by molar-refractivity contribution is 5.85. The minimum Gasteiger partial charge on any atom is -0.315 e. The molecule has 0 unspecified atom stereocenters. The van der Waals surface area contributed by atoms with Gasteiger partial charge in [-0.1, -0.05) is 6.07 Å². The molecule has 4 heteroatoms. The molecule has 1 saturated heterocycles. The van der Waals surface area contributed by atoms with Crippen molar-refractivity contribution in [2.45, 2.75) is 5.92 Å². The summed E-state index contributed by atoms with van der Waals surface area (Å²) >= 11 is 0. The number of aromatic nitrogens is 2. The lowest BCUT2D eigenvalue weighted by molar-refractivity contribution is 0.449. The van der Waals surface area contributed by atoms with Gasteiger partial charge in [0.25, 0.3) is 0 Å². The summed E-state index contributed by atoms with van der Waals surface area (Å²) in [5.41, 5.74) is 2.64. The summed E-state index contributed by atoms with van der Waals surface area (Å²) in [5, 5.41) is 8.78. The number of hydrogen-bond donors (Lipinski definition) is 1. The van der Waals surface area contributed by atoms with Crippen molar-refractivity contribution in [3.8, 4) is 0 Å². The van der Waals surface area contributed by atoms with Gasteiger partial charge in [0, 0.05) is 31.4 Å². The van der Waals surface area contributed by atoms with Crippen LogP contribution in [0.5, 0.6) is 0 Å². The normalized spacial score (nSPS) is 16.1. The van der Waals surface area contributed by atoms with Gasteiger partial charge < -0.3 is 5.32 Å². The first kappa shape index (κ1) is 10.5. The third-order valence-electron chi connectivity index (χ3n) is 3.02. The van der Waals surface area contributed by atoms with E-state index in [4.69, 9.17) is 0 Å². The maximum atomic E-state index is 4.24. The molecular formula is C11H14ClN3. The Hall–Kier alpha value is -1.06. The molecule has 1 aliphatic rings. The van der Waals surface area contributed by atoms with Gasteiger partial charge in [0.05, 0.1) is 11.7 Å².